The van der Waals surface area contributed by atoms with Crippen LogP contribution in [0, 0.1) is 5.92 Å². The lowest BCUT2D eigenvalue weighted by atomic mass is 10.1. The normalized spacial score (nSPS) is 17.4. The van der Waals surface area contributed by atoms with Crippen LogP contribution in [0.4, 0.5) is 40.9 Å². The van der Waals surface area contributed by atoms with Crippen LogP contribution in [0.25, 0.3) is 11.3 Å². The molecule has 4 aliphatic rings. The lowest BCUT2D eigenvalue weighted by molar-refractivity contribution is -0.121. The maximum absolute atomic E-state index is 12.5. The minimum absolute atomic E-state index is 0.0846. The Hall–Kier alpha value is -7.31. The SMILES string of the molecule is C=C(/C=C(/Nc1ccnc(Nc2ccc(CCC(=O)NCCN3CCCC3)cc2)n1)NC1CN(c2cc(Nc3cc(C4CC4)[nH]n3)nc(NCc3cc(-c4ccccc4)no3)n2)CCO1)C1CC1. The number of hydrogen-bond acceptors (Lipinski definition) is 16. The number of hydrogen-bond donors (Lipinski definition) is 7. The Morgan fingerprint density at radius 2 is 1.72 bits per heavy atom. The van der Waals surface area contributed by atoms with Gasteiger partial charge < -0.3 is 51.0 Å². The van der Waals surface area contributed by atoms with Crippen LogP contribution in [-0.4, -0.2) is 98.2 Å². The summed E-state index contributed by atoms with van der Waals surface area (Å²) >= 11 is 0. The van der Waals surface area contributed by atoms with Gasteiger partial charge in [0.2, 0.25) is 17.8 Å². The van der Waals surface area contributed by atoms with Crippen molar-refractivity contribution in [2.75, 3.05) is 72.0 Å². The van der Waals surface area contributed by atoms with Crippen LogP contribution >= 0.6 is 0 Å². The third-order valence-corrected chi connectivity index (χ3v) is 12.5. The monoisotopic (exact) mass is 917 g/mol. The molecular formula is C50H59N15O3. The predicted octanol–water partition coefficient (Wildman–Crippen LogP) is 7.44. The summed E-state index contributed by atoms with van der Waals surface area (Å²) in [4.78, 5) is 36.1. The summed E-state index contributed by atoms with van der Waals surface area (Å²) in [5.41, 5.74) is 5.83. The molecule has 1 unspecified atom stereocenters. The van der Waals surface area contributed by atoms with E-state index in [4.69, 9.17) is 24.2 Å². The Morgan fingerprint density at radius 3 is 2.54 bits per heavy atom. The van der Waals surface area contributed by atoms with E-state index < -0.39 is 6.23 Å². The van der Waals surface area contributed by atoms with Crippen molar-refractivity contribution in [2.24, 2.45) is 5.92 Å². The maximum atomic E-state index is 12.5. The zero-order valence-corrected chi connectivity index (χ0v) is 38.2. The fraction of sp³-hybridized carbons (Fsp3) is 0.380. The van der Waals surface area contributed by atoms with Crippen LogP contribution in [0.15, 0.2) is 114 Å². The maximum Gasteiger partial charge on any atom is 0.229 e. The third kappa shape index (κ3) is 12.4. The second kappa shape index (κ2) is 21.1. The van der Waals surface area contributed by atoms with Crippen molar-refractivity contribution in [2.45, 2.75) is 70.1 Å². The van der Waals surface area contributed by atoms with Crippen molar-refractivity contribution in [3.8, 4) is 11.3 Å². The number of aromatic amines is 1. The lowest BCUT2D eigenvalue weighted by Gasteiger charge is -2.35. The molecule has 18 heteroatoms. The number of H-pyrrole nitrogens is 1. The fourth-order valence-corrected chi connectivity index (χ4v) is 8.39. The molecule has 6 aromatic rings. The van der Waals surface area contributed by atoms with Gasteiger partial charge in [0.05, 0.1) is 19.7 Å². The number of anilines is 7. The largest absolute Gasteiger partial charge is 0.359 e. The molecule has 2 aliphatic heterocycles. The number of rotatable bonds is 22. The molecule has 7 N–H and O–H groups in total. The molecule has 0 radical (unpaired) electrons. The molecule has 1 amide bonds. The van der Waals surface area contributed by atoms with Gasteiger partial charge in [-0.3, -0.25) is 9.89 Å². The summed E-state index contributed by atoms with van der Waals surface area (Å²) in [5.74, 6) is 5.91. The molecule has 2 aliphatic carbocycles. The van der Waals surface area contributed by atoms with Gasteiger partial charge in [0.15, 0.2) is 11.6 Å². The highest BCUT2D eigenvalue weighted by atomic mass is 16.5. The number of amides is 1. The van der Waals surface area contributed by atoms with Crippen molar-refractivity contribution >= 4 is 46.8 Å². The highest BCUT2D eigenvalue weighted by molar-refractivity contribution is 5.76. The fourth-order valence-electron chi connectivity index (χ4n) is 8.39. The average molecular weight is 918 g/mol. The first-order valence-corrected chi connectivity index (χ1v) is 23.9. The van der Waals surface area contributed by atoms with Crippen molar-refractivity contribution in [1.29, 1.82) is 0 Å². The van der Waals surface area contributed by atoms with Crippen LogP contribution in [-0.2, 0) is 22.5 Å². The van der Waals surface area contributed by atoms with Gasteiger partial charge in [-0.25, -0.2) is 4.98 Å². The van der Waals surface area contributed by atoms with Crippen molar-refractivity contribution in [3.63, 3.8) is 0 Å². The van der Waals surface area contributed by atoms with E-state index in [9.17, 15) is 4.79 Å². The van der Waals surface area contributed by atoms with Crippen LogP contribution in [0.3, 0.4) is 0 Å². The number of likely N-dealkylation sites (tertiary alicyclic amines) is 1. The summed E-state index contributed by atoms with van der Waals surface area (Å²) in [6.45, 7) is 10.2. The van der Waals surface area contributed by atoms with Crippen LogP contribution in [0.1, 0.15) is 67.9 Å². The number of carbonyl (C=O) groups is 1. The van der Waals surface area contributed by atoms with E-state index >= 15 is 0 Å². The van der Waals surface area contributed by atoms with Gasteiger partial charge in [0.1, 0.15) is 35.2 Å². The van der Waals surface area contributed by atoms with Gasteiger partial charge in [0, 0.05) is 73.3 Å². The molecule has 4 fully saturated rings. The van der Waals surface area contributed by atoms with Gasteiger partial charge in [-0.1, -0.05) is 54.2 Å². The number of allylic oxidation sites excluding steroid dienone is 2. The van der Waals surface area contributed by atoms with Crippen LogP contribution < -0.4 is 36.8 Å². The van der Waals surface area contributed by atoms with E-state index in [1.807, 2.05) is 84.9 Å². The number of nitrogens with zero attached hydrogens (tertiary/aromatic N) is 8. The quantitative estimate of drug-likeness (QED) is 0.0330. The standard InChI is InChI=1S/C50H59N15O3/c1-33(35-12-13-35)27-43(55-42-19-20-52-49(58-42)54-38-16-9-34(10-17-38)11-18-47(66)51-21-24-64-22-5-6-23-64)57-48-32-65(25-26-67-48)46-30-44(56-45-29-40(61-62-45)37-14-15-37)59-50(60-46)53-31-39-28-41(63-68-39)36-7-3-2-4-8-36/h2-4,7-10,16-17,19-20,27-30,35,37,48,57H,1,5-6,11-15,18,21-26,31-32H2,(H,51,66)(H2,52,54,55,58)(H3,53,56,59,60,61,62)/b43-27-. The summed E-state index contributed by atoms with van der Waals surface area (Å²) < 4.78 is 12.0. The summed E-state index contributed by atoms with van der Waals surface area (Å²) in [7, 11) is 0. The number of nitrogens with one attached hydrogen (secondary N) is 7. The predicted molar refractivity (Wildman–Crippen MR) is 263 cm³/mol. The summed E-state index contributed by atoms with van der Waals surface area (Å²) in [6.07, 6.45) is 11.6. The second-order valence-electron chi connectivity index (χ2n) is 17.9. The molecule has 68 heavy (non-hydrogen) atoms. The summed E-state index contributed by atoms with van der Waals surface area (Å²) in [6, 6.07) is 25.7. The van der Waals surface area contributed by atoms with Gasteiger partial charge in [-0.05, 0) is 99.4 Å². The van der Waals surface area contributed by atoms with Crippen molar-refractivity contribution in [3.05, 3.63) is 126 Å². The van der Waals surface area contributed by atoms with Crippen LogP contribution in [0.5, 0.6) is 0 Å². The topological polar surface area (TPSA) is 211 Å². The number of carbonyl (C=O) groups excluding carboxylic acids is 1. The molecule has 2 saturated carbocycles. The van der Waals surface area contributed by atoms with Gasteiger partial charge in [-0.2, -0.15) is 20.1 Å². The second-order valence-corrected chi connectivity index (χ2v) is 17.9. The number of benzene rings is 2. The number of ether oxygens (including phenoxy) is 1. The van der Waals surface area contributed by atoms with E-state index in [1.54, 1.807) is 6.20 Å². The molecule has 2 saturated heterocycles. The van der Waals surface area contributed by atoms with Gasteiger partial charge >= 0.3 is 0 Å². The molecular weight excluding hydrogens is 859 g/mol. The van der Waals surface area contributed by atoms with Crippen molar-refractivity contribution in [1.82, 2.24) is 50.8 Å². The molecule has 4 aromatic heterocycles. The lowest BCUT2D eigenvalue weighted by Crippen LogP contribution is -2.50. The number of aryl methyl sites for hydroxylation is 1. The van der Waals surface area contributed by atoms with Crippen molar-refractivity contribution < 1.29 is 14.1 Å². The van der Waals surface area contributed by atoms with E-state index in [-0.39, 0.29) is 5.91 Å². The molecule has 1 atom stereocenters. The summed E-state index contributed by atoms with van der Waals surface area (Å²) in [5, 5.41) is 32.2. The minimum Gasteiger partial charge on any atom is -0.359 e. The average Bonchev–Trinajstić information content (AvgIpc) is 4.24. The first-order chi connectivity index (χ1) is 33.4. The Kier molecular flexibility index (Phi) is 13.8. The first-order valence-electron chi connectivity index (χ1n) is 23.9. The van der Waals surface area contributed by atoms with Gasteiger partial charge in [0.25, 0.3) is 0 Å². The van der Waals surface area contributed by atoms with E-state index in [2.05, 4.69) is 68.6 Å². The first kappa shape index (κ1) is 44.5. The molecule has 18 nitrogen and oxygen atoms in total. The highest BCUT2D eigenvalue weighted by Crippen LogP contribution is 2.40. The zero-order valence-electron chi connectivity index (χ0n) is 38.2. The highest BCUT2D eigenvalue weighted by Gasteiger charge is 2.28. The van der Waals surface area contributed by atoms with E-state index in [1.165, 1.54) is 25.7 Å². The Morgan fingerprint density at radius 1 is 0.882 bits per heavy atom. The zero-order chi connectivity index (χ0) is 46.1. The molecule has 2 aromatic carbocycles. The molecule has 10 rings (SSSR count). The molecule has 6 heterocycles. The molecule has 0 bridgehead atoms. The third-order valence-electron chi connectivity index (χ3n) is 12.5. The Balaban J connectivity index is 0.785. The molecule has 352 valence electrons. The van der Waals surface area contributed by atoms with E-state index in [0.717, 1.165) is 72.1 Å². The number of aromatic nitrogens is 7. The van der Waals surface area contributed by atoms with E-state index in [0.29, 0.717) is 98.4 Å². The minimum atomic E-state index is -0.408. The smallest absolute Gasteiger partial charge is 0.229 e. The molecule has 0 spiro atoms. The van der Waals surface area contributed by atoms with Crippen LogP contribution in [0.2, 0.25) is 0 Å². The number of morpholine rings is 1. The van der Waals surface area contributed by atoms with Gasteiger partial charge in [-0.15, -0.1) is 0 Å². The Bertz CT molecular complexity index is 2670. The Labute approximate surface area is 395 Å².